The number of nitrogens with zero attached hydrogens (tertiary/aromatic N) is 1. The monoisotopic (exact) mass is 411 g/mol. The molecule has 2 rings (SSSR count). The Balaban J connectivity index is 0.00000312. The minimum atomic E-state index is -4.21. The van der Waals surface area contributed by atoms with Crippen LogP contribution < -0.4 is 15.2 Å². The standard InChI is InChI=1S/C14H21N3O5S2.ClH/c1-21-12-4-2-10(3-5-12)9-22-14(18)17(24(15,19)20)8-11-6-13(23)7-16-11;/h2-5,11,13,16,23H,6-9H2,1H3,(H2,15,19,20);1H/t11-,13-;/m0./s1. The molecule has 0 bridgehead atoms. The molecule has 142 valence electrons. The first kappa shape index (κ1) is 21.8. The average molecular weight is 412 g/mol. The van der Waals surface area contributed by atoms with Crippen LogP contribution in [0.2, 0.25) is 0 Å². The zero-order chi connectivity index (χ0) is 17.7. The Bertz CT molecular complexity index is 672. The zero-order valence-corrected chi connectivity index (χ0v) is 16.1. The van der Waals surface area contributed by atoms with Gasteiger partial charge in [0.2, 0.25) is 0 Å². The topological polar surface area (TPSA) is 111 Å². The summed E-state index contributed by atoms with van der Waals surface area (Å²) in [5.74, 6) is 0.671. The Morgan fingerprint density at radius 1 is 1.40 bits per heavy atom. The summed E-state index contributed by atoms with van der Waals surface area (Å²) in [7, 11) is -2.66. The van der Waals surface area contributed by atoms with Crippen LogP contribution in [0.15, 0.2) is 24.3 Å². The van der Waals surface area contributed by atoms with Crippen LogP contribution in [0.4, 0.5) is 4.79 Å². The minimum Gasteiger partial charge on any atom is -0.497 e. The molecule has 1 heterocycles. The molecule has 0 spiro atoms. The fraction of sp³-hybridized carbons (Fsp3) is 0.500. The van der Waals surface area contributed by atoms with Crippen LogP contribution in [-0.4, -0.2) is 50.3 Å². The highest BCUT2D eigenvalue weighted by Gasteiger charge is 2.31. The molecule has 1 aromatic rings. The molecule has 8 nitrogen and oxygen atoms in total. The molecule has 1 aromatic carbocycles. The number of nitrogens with two attached hydrogens (primary N) is 1. The van der Waals surface area contributed by atoms with Crippen LogP contribution in [0.1, 0.15) is 12.0 Å². The molecule has 0 saturated carbocycles. The van der Waals surface area contributed by atoms with Crippen LogP contribution in [0.25, 0.3) is 0 Å². The second-order valence-corrected chi connectivity index (χ2v) is 7.67. The summed E-state index contributed by atoms with van der Waals surface area (Å²) >= 11 is 4.32. The SMILES string of the molecule is COc1ccc(COC(=O)N(C[C@@H]2C[C@H](S)CN2)S(N)(=O)=O)cc1.Cl. The fourth-order valence-electron chi connectivity index (χ4n) is 2.36. The van der Waals surface area contributed by atoms with Gasteiger partial charge in [-0.25, -0.2) is 9.93 Å². The van der Waals surface area contributed by atoms with Crippen LogP contribution in [-0.2, 0) is 21.6 Å². The number of carbonyl (C=O) groups excluding carboxylic acids is 1. The van der Waals surface area contributed by atoms with Crippen molar-refractivity contribution in [3.8, 4) is 5.75 Å². The Kier molecular flexibility index (Phi) is 8.29. The van der Waals surface area contributed by atoms with Crippen molar-refractivity contribution >= 4 is 41.3 Å². The molecule has 1 aliphatic rings. The van der Waals surface area contributed by atoms with E-state index in [-0.39, 0.29) is 36.9 Å². The third-order valence-corrected chi connectivity index (χ3v) is 4.92. The minimum absolute atomic E-state index is 0. The van der Waals surface area contributed by atoms with Crippen LogP contribution in [0.3, 0.4) is 0 Å². The summed E-state index contributed by atoms with van der Waals surface area (Å²) in [6, 6.07) is 6.68. The summed E-state index contributed by atoms with van der Waals surface area (Å²) in [5, 5.41) is 8.34. The van der Waals surface area contributed by atoms with Gasteiger partial charge in [0.15, 0.2) is 0 Å². The maximum Gasteiger partial charge on any atom is 0.424 e. The van der Waals surface area contributed by atoms with E-state index in [1.54, 1.807) is 31.4 Å². The molecular formula is C14H22ClN3O5S2. The van der Waals surface area contributed by atoms with Crippen molar-refractivity contribution in [2.75, 3.05) is 20.2 Å². The van der Waals surface area contributed by atoms with Gasteiger partial charge in [-0.3, -0.25) is 0 Å². The first-order chi connectivity index (χ1) is 11.3. The van der Waals surface area contributed by atoms with Gasteiger partial charge in [0.1, 0.15) is 12.4 Å². The number of nitrogens with one attached hydrogen (secondary N) is 1. The van der Waals surface area contributed by atoms with Gasteiger partial charge in [0.25, 0.3) is 0 Å². The zero-order valence-electron chi connectivity index (χ0n) is 13.6. The first-order valence-electron chi connectivity index (χ1n) is 7.31. The molecule has 3 N–H and O–H groups in total. The van der Waals surface area contributed by atoms with Crippen molar-refractivity contribution in [2.24, 2.45) is 5.14 Å². The molecular weight excluding hydrogens is 390 g/mol. The normalized spacial score (nSPS) is 19.8. The van der Waals surface area contributed by atoms with Crippen molar-refractivity contribution in [3.05, 3.63) is 29.8 Å². The van der Waals surface area contributed by atoms with E-state index in [1.807, 2.05) is 0 Å². The third kappa shape index (κ3) is 6.55. The lowest BCUT2D eigenvalue weighted by Gasteiger charge is -2.22. The Hall–Kier alpha value is -1.20. The number of thiol groups is 1. The highest BCUT2D eigenvalue weighted by molar-refractivity contribution is 7.87. The second-order valence-electron chi connectivity index (χ2n) is 5.47. The average Bonchev–Trinajstić information content (AvgIpc) is 2.95. The third-order valence-electron chi connectivity index (χ3n) is 3.62. The van der Waals surface area contributed by atoms with Gasteiger partial charge in [0, 0.05) is 17.8 Å². The number of amides is 1. The number of hydrogen-bond donors (Lipinski definition) is 3. The van der Waals surface area contributed by atoms with E-state index < -0.39 is 16.3 Å². The van der Waals surface area contributed by atoms with Gasteiger partial charge in [-0.15, -0.1) is 12.4 Å². The summed E-state index contributed by atoms with van der Waals surface area (Å²) in [4.78, 5) is 12.1. The van der Waals surface area contributed by atoms with E-state index in [4.69, 9.17) is 14.6 Å². The van der Waals surface area contributed by atoms with E-state index in [9.17, 15) is 13.2 Å². The summed E-state index contributed by atoms with van der Waals surface area (Å²) < 4.78 is 34.0. The molecule has 1 saturated heterocycles. The Labute approximate surface area is 159 Å². The number of hydrogen-bond acceptors (Lipinski definition) is 7. The molecule has 0 aromatic heterocycles. The number of ether oxygens (including phenoxy) is 2. The summed E-state index contributed by atoms with van der Waals surface area (Å²) in [6.07, 6.45) is -0.362. The molecule has 1 fully saturated rings. The van der Waals surface area contributed by atoms with E-state index in [1.165, 1.54) is 0 Å². The van der Waals surface area contributed by atoms with Crippen molar-refractivity contribution in [2.45, 2.75) is 24.3 Å². The Morgan fingerprint density at radius 2 is 2.04 bits per heavy atom. The predicted molar refractivity (Wildman–Crippen MR) is 99.4 cm³/mol. The van der Waals surface area contributed by atoms with Crippen molar-refractivity contribution in [1.82, 2.24) is 9.62 Å². The second kappa shape index (κ2) is 9.48. The van der Waals surface area contributed by atoms with Crippen LogP contribution in [0.5, 0.6) is 5.75 Å². The van der Waals surface area contributed by atoms with Gasteiger partial charge < -0.3 is 14.8 Å². The van der Waals surface area contributed by atoms with Gasteiger partial charge in [0.05, 0.1) is 13.7 Å². The lowest BCUT2D eigenvalue weighted by molar-refractivity contribution is 0.117. The van der Waals surface area contributed by atoms with Gasteiger partial charge in [-0.05, 0) is 24.1 Å². The summed E-state index contributed by atoms with van der Waals surface area (Å²) in [5.41, 5.74) is 0.702. The largest absolute Gasteiger partial charge is 0.497 e. The molecule has 1 aliphatic heterocycles. The number of halogens is 1. The lowest BCUT2D eigenvalue weighted by Crippen LogP contribution is -2.47. The van der Waals surface area contributed by atoms with Gasteiger partial charge in [-0.2, -0.15) is 25.4 Å². The molecule has 2 atom stereocenters. The van der Waals surface area contributed by atoms with Crippen LogP contribution in [0, 0.1) is 0 Å². The van der Waals surface area contributed by atoms with E-state index in [2.05, 4.69) is 17.9 Å². The van der Waals surface area contributed by atoms with Gasteiger partial charge >= 0.3 is 16.3 Å². The lowest BCUT2D eigenvalue weighted by atomic mass is 10.2. The molecule has 25 heavy (non-hydrogen) atoms. The maximum atomic E-state index is 12.1. The molecule has 1 amide bonds. The number of carbonyl (C=O) groups is 1. The Morgan fingerprint density at radius 3 is 2.52 bits per heavy atom. The predicted octanol–water partition coefficient (Wildman–Crippen LogP) is 0.919. The summed E-state index contributed by atoms with van der Waals surface area (Å²) in [6.45, 7) is 0.493. The van der Waals surface area contributed by atoms with E-state index in [0.29, 0.717) is 28.6 Å². The molecule has 11 heteroatoms. The number of rotatable bonds is 6. The van der Waals surface area contributed by atoms with Crippen molar-refractivity contribution in [1.29, 1.82) is 0 Å². The van der Waals surface area contributed by atoms with Gasteiger partial charge in [-0.1, -0.05) is 12.1 Å². The highest BCUT2D eigenvalue weighted by Crippen LogP contribution is 2.16. The fourth-order valence-corrected chi connectivity index (χ4v) is 3.37. The molecule has 0 unspecified atom stereocenters. The van der Waals surface area contributed by atoms with Crippen LogP contribution >= 0.6 is 25.0 Å². The smallest absolute Gasteiger partial charge is 0.424 e. The van der Waals surface area contributed by atoms with E-state index >= 15 is 0 Å². The van der Waals surface area contributed by atoms with Crippen molar-refractivity contribution in [3.63, 3.8) is 0 Å². The number of methoxy groups -OCH3 is 1. The first-order valence-corrected chi connectivity index (χ1v) is 9.33. The molecule has 0 aliphatic carbocycles. The maximum absolute atomic E-state index is 12.1. The van der Waals surface area contributed by atoms with Crippen molar-refractivity contribution < 1.29 is 22.7 Å². The highest BCUT2D eigenvalue weighted by atomic mass is 35.5. The molecule has 0 radical (unpaired) electrons. The number of benzene rings is 1. The van der Waals surface area contributed by atoms with E-state index in [0.717, 1.165) is 0 Å². The quantitative estimate of drug-likeness (QED) is 0.600.